The third kappa shape index (κ3) is 6.20. The summed E-state index contributed by atoms with van der Waals surface area (Å²) in [6, 6.07) is 14.4. The molecule has 0 aliphatic heterocycles. The molecule has 4 aromatic rings. The summed E-state index contributed by atoms with van der Waals surface area (Å²) in [5.41, 5.74) is -0.907. The highest BCUT2D eigenvalue weighted by Crippen LogP contribution is 2.40. The zero-order valence-corrected chi connectivity index (χ0v) is 21.5. The Morgan fingerprint density at radius 2 is 1.65 bits per heavy atom. The van der Waals surface area contributed by atoms with Crippen molar-refractivity contribution in [2.75, 3.05) is 20.8 Å². The van der Waals surface area contributed by atoms with E-state index in [1.165, 1.54) is 50.6 Å². The molecule has 0 bridgehead atoms. The molecule has 0 atom stereocenters. The van der Waals surface area contributed by atoms with E-state index in [4.69, 9.17) is 28.1 Å². The fourth-order valence-corrected chi connectivity index (χ4v) is 3.69. The molecule has 0 fully saturated rings. The Bertz CT molecular complexity index is 1620. The van der Waals surface area contributed by atoms with Gasteiger partial charge in [0, 0.05) is 12.1 Å². The van der Waals surface area contributed by atoms with Gasteiger partial charge < -0.3 is 28.1 Å². The maximum Gasteiger partial charge on any atom is 0.453 e. The molecule has 0 radical (unpaired) electrons. The highest BCUT2D eigenvalue weighted by atomic mass is 19.4. The van der Waals surface area contributed by atoms with Crippen LogP contribution in [0.5, 0.6) is 34.5 Å². The molecule has 40 heavy (non-hydrogen) atoms. The van der Waals surface area contributed by atoms with Crippen LogP contribution in [0.2, 0.25) is 0 Å². The average Bonchev–Trinajstić information content (AvgIpc) is 2.93. The van der Waals surface area contributed by atoms with E-state index in [9.17, 15) is 22.8 Å². The maximum atomic E-state index is 13.9. The molecule has 0 N–H and O–H groups in total. The number of rotatable bonds is 9. The highest BCUT2D eigenvalue weighted by molar-refractivity contribution is 5.89. The Morgan fingerprint density at radius 1 is 0.925 bits per heavy atom. The molecule has 0 aliphatic rings. The summed E-state index contributed by atoms with van der Waals surface area (Å²) in [4.78, 5) is 25.5. The summed E-state index contributed by atoms with van der Waals surface area (Å²) in [7, 11) is 2.96. The number of carbonyl (C=O) groups excluding carboxylic acids is 1. The van der Waals surface area contributed by atoms with Crippen molar-refractivity contribution in [3.05, 3.63) is 88.3 Å². The van der Waals surface area contributed by atoms with Gasteiger partial charge in [0.1, 0.15) is 11.3 Å². The molecule has 4 rings (SSSR count). The molecular formula is C29H23F3O8. The zero-order chi connectivity index (χ0) is 28.9. The first-order chi connectivity index (χ1) is 19.1. The minimum absolute atomic E-state index is 0.0895. The van der Waals surface area contributed by atoms with E-state index in [-0.39, 0.29) is 29.2 Å². The summed E-state index contributed by atoms with van der Waals surface area (Å²) in [5.74, 6) is -2.63. The average molecular weight is 556 g/mol. The molecule has 0 saturated heterocycles. The van der Waals surface area contributed by atoms with Gasteiger partial charge in [-0.3, -0.25) is 4.79 Å². The second-order valence-electron chi connectivity index (χ2n) is 8.10. The van der Waals surface area contributed by atoms with E-state index >= 15 is 0 Å². The standard InChI is InChI=1S/C29H23F3O8/c1-4-37-21-7-5-6-8-22(21)39-27-26(34)19-12-11-18(16-23(19)40-28(27)29(30,31)32)38-25(33)14-10-17-9-13-20(35-2)24(15-17)36-3/h5-16H,4H2,1-3H3/b14-10+. The molecular weight excluding hydrogens is 533 g/mol. The van der Waals surface area contributed by atoms with Crippen molar-refractivity contribution in [3.63, 3.8) is 0 Å². The topological polar surface area (TPSA) is 93.4 Å². The van der Waals surface area contributed by atoms with Crippen molar-refractivity contribution < 1.29 is 46.1 Å². The first-order valence-corrected chi connectivity index (χ1v) is 11.8. The van der Waals surface area contributed by atoms with Crippen LogP contribution in [-0.2, 0) is 11.0 Å². The van der Waals surface area contributed by atoms with Crippen molar-refractivity contribution >= 4 is 23.0 Å². The molecule has 8 nitrogen and oxygen atoms in total. The van der Waals surface area contributed by atoms with Gasteiger partial charge in [-0.1, -0.05) is 18.2 Å². The lowest BCUT2D eigenvalue weighted by Gasteiger charge is -2.15. The summed E-state index contributed by atoms with van der Waals surface area (Å²) >= 11 is 0. The number of ether oxygens (including phenoxy) is 5. The summed E-state index contributed by atoms with van der Waals surface area (Å²) < 4.78 is 73.2. The van der Waals surface area contributed by atoms with Crippen molar-refractivity contribution in [2.45, 2.75) is 13.1 Å². The van der Waals surface area contributed by atoms with Crippen LogP contribution in [0.3, 0.4) is 0 Å². The van der Waals surface area contributed by atoms with Crippen LogP contribution in [0, 0.1) is 0 Å². The fraction of sp³-hybridized carbons (Fsp3) is 0.172. The van der Waals surface area contributed by atoms with Crippen molar-refractivity contribution in [1.82, 2.24) is 0 Å². The van der Waals surface area contributed by atoms with Gasteiger partial charge >= 0.3 is 12.1 Å². The van der Waals surface area contributed by atoms with Gasteiger partial charge in [0.25, 0.3) is 5.76 Å². The van der Waals surface area contributed by atoms with Crippen LogP contribution in [0.1, 0.15) is 18.2 Å². The molecule has 11 heteroatoms. The molecule has 0 spiro atoms. The van der Waals surface area contributed by atoms with Crippen molar-refractivity contribution in [1.29, 1.82) is 0 Å². The number of esters is 1. The van der Waals surface area contributed by atoms with E-state index in [0.717, 1.165) is 12.1 Å². The molecule has 3 aromatic carbocycles. The number of methoxy groups -OCH3 is 2. The number of fused-ring (bicyclic) bond motifs is 1. The van der Waals surface area contributed by atoms with Crippen LogP contribution >= 0.6 is 0 Å². The lowest BCUT2D eigenvalue weighted by atomic mass is 10.2. The predicted molar refractivity (Wildman–Crippen MR) is 139 cm³/mol. The van der Waals surface area contributed by atoms with Crippen LogP contribution < -0.4 is 29.1 Å². The van der Waals surface area contributed by atoms with Gasteiger partial charge in [-0.05, 0) is 55.0 Å². The maximum absolute atomic E-state index is 13.9. The largest absolute Gasteiger partial charge is 0.493 e. The quantitative estimate of drug-likeness (QED) is 0.129. The van der Waals surface area contributed by atoms with E-state index in [1.54, 1.807) is 31.2 Å². The van der Waals surface area contributed by atoms with Crippen LogP contribution in [0.4, 0.5) is 13.2 Å². The highest BCUT2D eigenvalue weighted by Gasteiger charge is 2.40. The number of hydrogen-bond donors (Lipinski definition) is 0. The first kappa shape index (κ1) is 28.1. The fourth-order valence-electron chi connectivity index (χ4n) is 3.69. The molecule has 0 aliphatic carbocycles. The molecule has 0 unspecified atom stereocenters. The smallest absolute Gasteiger partial charge is 0.453 e. The van der Waals surface area contributed by atoms with Gasteiger partial charge in [-0.2, -0.15) is 13.2 Å². The minimum atomic E-state index is -5.07. The Kier molecular flexibility index (Phi) is 8.32. The van der Waals surface area contributed by atoms with Gasteiger partial charge in [0.05, 0.1) is 26.2 Å². The molecule has 1 aromatic heterocycles. The summed E-state index contributed by atoms with van der Waals surface area (Å²) in [6.45, 7) is 1.92. The minimum Gasteiger partial charge on any atom is -0.493 e. The number of para-hydroxylation sites is 2. The lowest BCUT2D eigenvalue weighted by Crippen LogP contribution is -2.16. The van der Waals surface area contributed by atoms with E-state index in [1.807, 2.05) is 0 Å². The van der Waals surface area contributed by atoms with Gasteiger partial charge in [0.2, 0.25) is 11.2 Å². The Labute approximate surface area is 226 Å². The number of hydrogen-bond acceptors (Lipinski definition) is 8. The molecule has 1 heterocycles. The molecule has 208 valence electrons. The van der Waals surface area contributed by atoms with Gasteiger partial charge in [0.15, 0.2) is 23.0 Å². The second-order valence-corrected chi connectivity index (χ2v) is 8.10. The number of carbonyl (C=O) groups is 1. The number of benzene rings is 3. The van der Waals surface area contributed by atoms with Crippen LogP contribution in [-0.4, -0.2) is 26.8 Å². The zero-order valence-electron chi connectivity index (χ0n) is 21.5. The first-order valence-electron chi connectivity index (χ1n) is 11.8. The lowest BCUT2D eigenvalue weighted by molar-refractivity contribution is -0.154. The van der Waals surface area contributed by atoms with E-state index < -0.39 is 34.7 Å². The van der Waals surface area contributed by atoms with E-state index in [2.05, 4.69) is 0 Å². The third-order valence-corrected chi connectivity index (χ3v) is 5.48. The third-order valence-electron chi connectivity index (χ3n) is 5.48. The van der Waals surface area contributed by atoms with E-state index in [0.29, 0.717) is 17.1 Å². The normalized spacial score (nSPS) is 11.4. The number of halogens is 3. The Balaban J connectivity index is 1.64. The van der Waals surface area contributed by atoms with Gasteiger partial charge in [-0.15, -0.1) is 0 Å². The monoisotopic (exact) mass is 556 g/mol. The SMILES string of the molecule is CCOc1ccccc1Oc1c(C(F)(F)F)oc2cc(OC(=O)/C=C/c3ccc(OC)c(OC)c3)ccc2c1=O. The van der Waals surface area contributed by atoms with Crippen LogP contribution in [0.25, 0.3) is 17.0 Å². The van der Waals surface area contributed by atoms with Crippen LogP contribution in [0.15, 0.2) is 76.0 Å². The second kappa shape index (κ2) is 11.9. The molecule has 0 saturated carbocycles. The van der Waals surface area contributed by atoms with Gasteiger partial charge in [-0.25, -0.2) is 4.79 Å². The molecule has 0 amide bonds. The summed E-state index contributed by atoms with van der Waals surface area (Å²) in [5, 5.41) is -0.211. The Morgan fingerprint density at radius 3 is 2.33 bits per heavy atom. The number of alkyl halides is 3. The summed E-state index contributed by atoms with van der Waals surface area (Å²) in [6.07, 6.45) is -2.50. The Hall–Kier alpha value is -4.93. The predicted octanol–water partition coefficient (Wildman–Crippen LogP) is 6.64. The van der Waals surface area contributed by atoms with Crippen molar-refractivity contribution in [2.24, 2.45) is 0 Å². The van der Waals surface area contributed by atoms with Crippen molar-refractivity contribution in [3.8, 4) is 34.5 Å².